The van der Waals surface area contributed by atoms with Crippen LogP contribution in [-0.2, 0) is 19.1 Å². The Labute approximate surface area is 98.3 Å². The molecule has 0 aromatic rings. The van der Waals surface area contributed by atoms with Crippen LogP contribution in [0.4, 0.5) is 0 Å². The summed E-state index contributed by atoms with van der Waals surface area (Å²) in [5.41, 5.74) is 0.288. The standard InChI is InChI=1S/C6H10O3.C4H6O4/c1-4(2)6(8)9-5(3)7;5-3(6)1-2-4(7)8/h5,7H,1H2,2-3H3;1-2H2,(H,5,6)(H,7,8). The van der Waals surface area contributed by atoms with E-state index in [9.17, 15) is 14.4 Å². The number of aliphatic carboxylic acids is 2. The Bertz CT molecular complexity index is 279. The van der Waals surface area contributed by atoms with Crippen molar-refractivity contribution in [3.8, 4) is 0 Å². The van der Waals surface area contributed by atoms with Gasteiger partial charge in [0.05, 0.1) is 12.8 Å². The molecule has 7 nitrogen and oxygen atoms in total. The first-order valence-electron chi connectivity index (χ1n) is 4.65. The van der Waals surface area contributed by atoms with Crippen molar-refractivity contribution in [2.75, 3.05) is 0 Å². The maximum Gasteiger partial charge on any atom is 0.335 e. The molecule has 98 valence electrons. The van der Waals surface area contributed by atoms with Crippen molar-refractivity contribution in [2.24, 2.45) is 0 Å². The van der Waals surface area contributed by atoms with E-state index in [2.05, 4.69) is 11.3 Å². The molecule has 1 atom stereocenters. The van der Waals surface area contributed by atoms with Gasteiger partial charge in [-0.15, -0.1) is 0 Å². The molecule has 0 spiro atoms. The summed E-state index contributed by atoms with van der Waals surface area (Å²) in [5, 5.41) is 24.3. The van der Waals surface area contributed by atoms with Gasteiger partial charge in [-0.2, -0.15) is 0 Å². The molecular formula is C10H16O7. The molecule has 0 saturated carbocycles. The highest BCUT2D eigenvalue weighted by atomic mass is 16.6. The topological polar surface area (TPSA) is 121 Å². The summed E-state index contributed by atoms with van der Waals surface area (Å²) >= 11 is 0. The summed E-state index contributed by atoms with van der Waals surface area (Å²) in [7, 11) is 0. The number of rotatable bonds is 5. The second kappa shape index (κ2) is 9.34. The van der Waals surface area contributed by atoms with Crippen molar-refractivity contribution >= 4 is 17.9 Å². The summed E-state index contributed by atoms with van der Waals surface area (Å²) in [5.74, 6) is -2.72. The Morgan fingerprint density at radius 3 is 1.65 bits per heavy atom. The van der Waals surface area contributed by atoms with E-state index in [1.807, 2.05) is 0 Å². The zero-order valence-electron chi connectivity index (χ0n) is 9.67. The van der Waals surface area contributed by atoms with Gasteiger partial charge in [0.1, 0.15) is 0 Å². The number of hydrogen-bond acceptors (Lipinski definition) is 5. The minimum absolute atomic E-state index is 0.288. The molecule has 0 aliphatic carbocycles. The monoisotopic (exact) mass is 248 g/mol. The highest BCUT2D eigenvalue weighted by Crippen LogP contribution is 1.94. The largest absolute Gasteiger partial charge is 0.481 e. The number of aliphatic hydroxyl groups is 1. The molecule has 0 amide bonds. The van der Waals surface area contributed by atoms with E-state index in [1.54, 1.807) is 0 Å². The molecule has 0 bridgehead atoms. The third-order valence-electron chi connectivity index (χ3n) is 1.18. The Balaban J connectivity index is 0. The normalized spacial score (nSPS) is 10.5. The molecule has 0 aromatic heterocycles. The number of carboxylic acid groups (broad SMARTS) is 2. The average molecular weight is 248 g/mol. The summed E-state index contributed by atoms with van der Waals surface area (Å²) in [4.78, 5) is 29.8. The zero-order valence-corrected chi connectivity index (χ0v) is 9.67. The van der Waals surface area contributed by atoms with Gasteiger partial charge < -0.3 is 20.1 Å². The first-order valence-corrected chi connectivity index (χ1v) is 4.65. The maximum atomic E-state index is 10.5. The molecule has 0 aliphatic heterocycles. The number of aliphatic hydroxyl groups excluding tert-OH is 1. The van der Waals surface area contributed by atoms with Crippen molar-refractivity contribution in [3.05, 3.63) is 12.2 Å². The zero-order chi connectivity index (χ0) is 14.0. The third-order valence-corrected chi connectivity index (χ3v) is 1.18. The van der Waals surface area contributed by atoms with E-state index < -0.39 is 24.2 Å². The fraction of sp³-hybridized carbons (Fsp3) is 0.500. The minimum Gasteiger partial charge on any atom is -0.481 e. The van der Waals surface area contributed by atoms with Gasteiger partial charge in [0.15, 0.2) is 6.29 Å². The summed E-state index contributed by atoms with van der Waals surface area (Å²) in [6.07, 6.45) is -1.64. The molecule has 0 rings (SSSR count). The highest BCUT2D eigenvalue weighted by Gasteiger charge is 2.04. The van der Waals surface area contributed by atoms with E-state index in [0.717, 1.165) is 0 Å². The third kappa shape index (κ3) is 16.8. The number of carboxylic acids is 2. The van der Waals surface area contributed by atoms with Crippen LogP contribution < -0.4 is 0 Å². The molecule has 0 aliphatic rings. The van der Waals surface area contributed by atoms with Gasteiger partial charge in [-0.1, -0.05) is 6.58 Å². The first-order chi connectivity index (χ1) is 7.66. The van der Waals surface area contributed by atoms with Gasteiger partial charge in [-0.05, 0) is 13.8 Å². The number of carbonyl (C=O) groups is 3. The van der Waals surface area contributed by atoms with Crippen LogP contribution in [0.1, 0.15) is 26.7 Å². The second-order valence-corrected chi connectivity index (χ2v) is 3.07. The Hall–Kier alpha value is -1.89. The molecule has 0 radical (unpaired) electrons. The lowest BCUT2D eigenvalue weighted by molar-refractivity contribution is -0.159. The molecule has 3 N–H and O–H groups in total. The van der Waals surface area contributed by atoms with Crippen LogP contribution in [0.5, 0.6) is 0 Å². The molecule has 0 heterocycles. The Morgan fingerprint density at radius 2 is 1.53 bits per heavy atom. The van der Waals surface area contributed by atoms with Crippen LogP contribution in [0.3, 0.4) is 0 Å². The fourth-order valence-corrected chi connectivity index (χ4v) is 0.469. The van der Waals surface area contributed by atoms with E-state index in [0.29, 0.717) is 0 Å². The molecule has 0 saturated heterocycles. The second-order valence-electron chi connectivity index (χ2n) is 3.07. The van der Waals surface area contributed by atoms with Crippen LogP contribution >= 0.6 is 0 Å². The number of ether oxygens (including phenoxy) is 1. The van der Waals surface area contributed by atoms with Crippen molar-refractivity contribution in [2.45, 2.75) is 33.0 Å². The lowest BCUT2D eigenvalue weighted by Crippen LogP contribution is -2.13. The Kier molecular flexibility index (Phi) is 9.62. The van der Waals surface area contributed by atoms with E-state index >= 15 is 0 Å². The average Bonchev–Trinajstić information content (AvgIpc) is 2.14. The smallest absolute Gasteiger partial charge is 0.335 e. The number of carbonyl (C=O) groups excluding carboxylic acids is 1. The SMILES string of the molecule is C=C(C)C(=O)OC(C)O.O=C(O)CCC(=O)O. The highest BCUT2D eigenvalue weighted by molar-refractivity contribution is 5.86. The number of esters is 1. The van der Waals surface area contributed by atoms with Crippen LogP contribution in [0, 0.1) is 0 Å². The van der Waals surface area contributed by atoms with Gasteiger partial charge in [0, 0.05) is 5.57 Å². The van der Waals surface area contributed by atoms with Crippen LogP contribution in [-0.4, -0.2) is 39.5 Å². The predicted molar refractivity (Wildman–Crippen MR) is 57.1 cm³/mol. The van der Waals surface area contributed by atoms with Crippen molar-refractivity contribution < 1.29 is 34.4 Å². The van der Waals surface area contributed by atoms with Gasteiger partial charge in [-0.3, -0.25) is 9.59 Å². The van der Waals surface area contributed by atoms with E-state index in [1.165, 1.54) is 13.8 Å². The molecular weight excluding hydrogens is 232 g/mol. The van der Waals surface area contributed by atoms with E-state index in [4.69, 9.17) is 15.3 Å². The van der Waals surface area contributed by atoms with E-state index in [-0.39, 0.29) is 18.4 Å². The quantitative estimate of drug-likeness (QED) is 0.365. The van der Waals surface area contributed by atoms with Crippen LogP contribution in [0.15, 0.2) is 12.2 Å². The van der Waals surface area contributed by atoms with Gasteiger partial charge >= 0.3 is 17.9 Å². The lowest BCUT2D eigenvalue weighted by Gasteiger charge is -2.04. The van der Waals surface area contributed by atoms with Crippen molar-refractivity contribution in [1.29, 1.82) is 0 Å². The van der Waals surface area contributed by atoms with Crippen molar-refractivity contribution in [1.82, 2.24) is 0 Å². The summed E-state index contributed by atoms with van der Waals surface area (Å²) < 4.78 is 4.33. The number of hydrogen-bond donors (Lipinski definition) is 3. The molecule has 17 heavy (non-hydrogen) atoms. The molecule has 0 aromatic carbocycles. The first kappa shape index (κ1) is 17.5. The Morgan fingerprint density at radius 1 is 1.18 bits per heavy atom. The van der Waals surface area contributed by atoms with Crippen molar-refractivity contribution in [3.63, 3.8) is 0 Å². The van der Waals surface area contributed by atoms with Crippen LogP contribution in [0.2, 0.25) is 0 Å². The predicted octanol–water partition coefficient (Wildman–Crippen LogP) is 0.380. The van der Waals surface area contributed by atoms with Gasteiger partial charge in [-0.25, -0.2) is 4.79 Å². The summed E-state index contributed by atoms with van der Waals surface area (Å²) in [6, 6.07) is 0. The fourth-order valence-electron chi connectivity index (χ4n) is 0.469. The van der Waals surface area contributed by atoms with Gasteiger partial charge in [0.25, 0.3) is 0 Å². The molecule has 7 heteroatoms. The summed E-state index contributed by atoms with van der Waals surface area (Å²) in [6.45, 7) is 6.20. The minimum atomic E-state index is -1.08. The van der Waals surface area contributed by atoms with Gasteiger partial charge in [0.2, 0.25) is 0 Å². The van der Waals surface area contributed by atoms with Crippen LogP contribution in [0.25, 0.3) is 0 Å². The maximum absolute atomic E-state index is 10.5. The lowest BCUT2D eigenvalue weighted by atomic mass is 10.3. The molecule has 0 fully saturated rings. The molecule has 1 unspecified atom stereocenters.